The molecule has 1 N–H and O–H groups in total. The van der Waals surface area contributed by atoms with Gasteiger partial charge >= 0.3 is 5.97 Å². The lowest BCUT2D eigenvalue weighted by Crippen LogP contribution is -2.44. The number of nitrogens with one attached hydrogen (secondary N) is 1. The zero-order valence-corrected chi connectivity index (χ0v) is 15.2. The van der Waals surface area contributed by atoms with Crippen LogP contribution in [0.5, 0.6) is 5.75 Å². The van der Waals surface area contributed by atoms with E-state index in [4.69, 9.17) is 21.1 Å². The summed E-state index contributed by atoms with van der Waals surface area (Å²) in [5.74, 6) is -0.301. The number of esters is 1. The molecule has 0 unspecified atom stereocenters. The molecule has 1 saturated carbocycles. The summed E-state index contributed by atoms with van der Waals surface area (Å²) < 4.78 is 11.0. The molecule has 0 aromatic heterocycles. The van der Waals surface area contributed by atoms with Crippen molar-refractivity contribution in [1.29, 1.82) is 0 Å². The fourth-order valence-corrected chi connectivity index (χ4v) is 3.60. The molecule has 136 valence electrons. The highest BCUT2D eigenvalue weighted by atomic mass is 35.5. The number of hydrogen-bond donors (Lipinski definition) is 1. The van der Waals surface area contributed by atoms with Crippen molar-refractivity contribution in [1.82, 2.24) is 5.32 Å². The molecule has 25 heavy (non-hydrogen) atoms. The summed E-state index contributed by atoms with van der Waals surface area (Å²) in [5, 5.41) is 3.59. The number of fused-ring (bicyclic) bond motifs is 1. The molecular formula is C19H24ClNO4. The van der Waals surface area contributed by atoms with Crippen molar-refractivity contribution < 1.29 is 19.1 Å². The molecule has 0 saturated heterocycles. The van der Waals surface area contributed by atoms with Crippen LogP contribution < -0.4 is 10.1 Å². The molecule has 6 heteroatoms. The van der Waals surface area contributed by atoms with Crippen LogP contribution in [0.2, 0.25) is 5.02 Å². The highest BCUT2D eigenvalue weighted by Crippen LogP contribution is 2.30. The summed E-state index contributed by atoms with van der Waals surface area (Å²) in [6.45, 7) is 1.87. The van der Waals surface area contributed by atoms with Gasteiger partial charge in [0.1, 0.15) is 12.4 Å². The Labute approximate surface area is 153 Å². The maximum atomic E-state index is 12.4. The topological polar surface area (TPSA) is 64.6 Å². The quantitative estimate of drug-likeness (QED) is 0.832. The molecule has 1 aliphatic carbocycles. The molecule has 1 fully saturated rings. The van der Waals surface area contributed by atoms with Crippen LogP contribution in [0.25, 0.3) is 0 Å². The maximum absolute atomic E-state index is 12.4. The van der Waals surface area contributed by atoms with E-state index in [-0.39, 0.29) is 18.6 Å². The highest BCUT2D eigenvalue weighted by molar-refractivity contribution is 6.30. The van der Waals surface area contributed by atoms with E-state index in [1.165, 1.54) is 6.42 Å². The Morgan fingerprint density at radius 2 is 2.04 bits per heavy atom. The third-order valence-corrected chi connectivity index (χ3v) is 5.11. The van der Waals surface area contributed by atoms with Gasteiger partial charge in [-0.05, 0) is 49.9 Å². The van der Waals surface area contributed by atoms with Gasteiger partial charge in [0.2, 0.25) is 0 Å². The van der Waals surface area contributed by atoms with Crippen molar-refractivity contribution in [3.05, 3.63) is 28.8 Å². The minimum absolute atomic E-state index is 0.203. The summed E-state index contributed by atoms with van der Waals surface area (Å²) in [7, 11) is 0. The summed E-state index contributed by atoms with van der Waals surface area (Å²) in [6, 6.07) is 5.57. The summed E-state index contributed by atoms with van der Waals surface area (Å²) in [5.41, 5.74) is 0.889. The minimum atomic E-state index is -0.796. The predicted octanol–water partition coefficient (Wildman–Crippen LogP) is 3.27. The van der Waals surface area contributed by atoms with E-state index in [0.717, 1.165) is 37.0 Å². The molecule has 2 aliphatic rings. The first kappa shape index (κ1) is 18.1. The van der Waals surface area contributed by atoms with Gasteiger partial charge in [-0.1, -0.05) is 30.9 Å². The van der Waals surface area contributed by atoms with E-state index < -0.39 is 18.0 Å². The Hall–Kier alpha value is -1.75. The second-order valence-electron chi connectivity index (χ2n) is 6.89. The van der Waals surface area contributed by atoms with Crippen LogP contribution in [0.4, 0.5) is 0 Å². The number of carbonyl (C=O) groups excluding carboxylic acids is 2. The SMILES string of the molecule is C[C@H](OC(=O)[C@H]1COc2ccc(Cl)cc2C1)C(=O)NC1CCCCC1. The van der Waals surface area contributed by atoms with E-state index >= 15 is 0 Å². The van der Waals surface area contributed by atoms with Crippen LogP contribution in [0.15, 0.2) is 18.2 Å². The number of ether oxygens (including phenoxy) is 2. The monoisotopic (exact) mass is 365 g/mol. The molecule has 2 atom stereocenters. The molecule has 1 aromatic carbocycles. The summed E-state index contributed by atoms with van der Waals surface area (Å²) in [6.07, 6.45) is 5.22. The van der Waals surface area contributed by atoms with Crippen molar-refractivity contribution >= 4 is 23.5 Å². The van der Waals surface area contributed by atoms with Gasteiger partial charge in [-0.15, -0.1) is 0 Å². The third kappa shape index (κ3) is 4.66. The van der Waals surface area contributed by atoms with Crippen LogP contribution in [0.1, 0.15) is 44.6 Å². The lowest BCUT2D eigenvalue weighted by molar-refractivity contribution is -0.160. The average Bonchev–Trinajstić information content (AvgIpc) is 2.61. The van der Waals surface area contributed by atoms with Crippen LogP contribution >= 0.6 is 11.6 Å². The van der Waals surface area contributed by atoms with E-state index in [1.807, 2.05) is 0 Å². The summed E-state index contributed by atoms with van der Waals surface area (Å²) in [4.78, 5) is 24.6. The first-order chi connectivity index (χ1) is 12.0. The first-order valence-corrected chi connectivity index (χ1v) is 9.33. The Balaban J connectivity index is 1.52. The Bertz CT molecular complexity index is 642. The van der Waals surface area contributed by atoms with E-state index in [1.54, 1.807) is 25.1 Å². The Morgan fingerprint density at radius 1 is 1.28 bits per heavy atom. The second kappa shape index (κ2) is 8.09. The lowest BCUT2D eigenvalue weighted by Gasteiger charge is -2.27. The lowest BCUT2D eigenvalue weighted by atomic mass is 9.95. The van der Waals surface area contributed by atoms with Gasteiger partial charge in [0.05, 0.1) is 5.92 Å². The Kier molecular flexibility index (Phi) is 5.84. The van der Waals surface area contributed by atoms with Gasteiger partial charge in [0.25, 0.3) is 5.91 Å². The highest BCUT2D eigenvalue weighted by Gasteiger charge is 2.30. The van der Waals surface area contributed by atoms with Crippen LogP contribution in [0, 0.1) is 5.92 Å². The van der Waals surface area contributed by atoms with Gasteiger partial charge < -0.3 is 14.8 Å². The predicted molar refractivity (Wildman–Crippen MR) is 94.7 cm³/mol. The summed E-state index contributed by atoms with van der Waals surface area (Å²) >= 11 is 6.00. The molecule has 0 radical (unpaired) electrons. The van der Waals surface area contributed by atoms with Gasteiger partial charge in [-0.25, -0.2) is 0 Å². The minimum Gasteiger partial charge on any atom is -0.492 e. The van der Waals surface area contributed by atoms with Crippen LogP contribution in [-0.2, 0) is 20.7 Å². The zero-order chi connectivity index (χ0) is 17.8. The molecule has 3 rings (SSSR count). The molecule has 1 aromatic rings. The van der Waals surface area contributed by atoms with Crippen molar-refractivity contribution in [3.63, 3.8) is 0 Å². The van der Waals surface area contributed by atoms with Crippen molar-refractivity contribution in [3.8, 4) is 5.75 Å². The number of rotatable bonds is 4. The van der Waals surface area contributed by atoms with Crippen LogP contribution in [0.3, 0.4) is 0 Å². The van der Waals surface area contributed by atoms with Gasteiger partial charge in [0.15, 0.2) is 6.10 Å². The molecular weight excluding hydrogens is 342 g/mol. The molecule has 0 bridgehead atoms. The maximum Gasteiger partial charge on any atom is 0.313 e. The average molecular weight is 366 g/mol. The number of carbonyl (C=O) groups is 2. The molecule has 1 aliphatic heterocycles. The molecule has 1 amide bonds. The normalized spacial score (nSPS) is 21.6. The number of halogens is 1. The fraction of sp³-hybridized carbons (Fsp3) is 0.579. The van der Waals surface area contributed by atoms with E-state index in [2.05, 4.69) is 5.32 Å². The van der Waals surface area contributed by atoms with Gasteiger partial charge in [0, 0.05) is 11.1 Å². The largest absolute Gasteiger partial charge is 0.492 e. The van der Waals surface area contributed by atoms with Crippen molar-refractivity contribution in [2.24, 2.45) is 5.92 Å². The van der Waals surface area contributed by atoms with Crippen molar-refractivity contribution in [2.75, 3.05) is 6.61 Å². The fourth-order valence-electron chi connectivity index (χ4n) is 3.40. The Morgan fingerprint density at radius 3 is 2.80 bits per heavy atom. The smallest absolute Gasteiger partial charge is 0.313 e. The van der Waals surface area contributed by atoms with Gasteiger partial charge in [-0.3, -0.25) is 9.59 Å². The first-order valence-electron chi connectivity index (χ1n) is 8.95. The van der Waals surface area contributed by atoms with E-state index in [9.17, 15) is 9.59 Å². The van der Waals surface area contributed by atoms with Crippen molar-refractivity contribution in [2.45, 2.75) is 57.6 Å². The standard InChI is InChI=1S/C19H24ClNO4/c1-12(18(22)21-16-5-3-2-4-6-16)25-19(23)14-9-13-10-15(20)7-8-17(13)24-11-14/h7-8,10,12,14,16H,2-6,9,11H2,1H3,(H,21,22)/t12-,14+/m0/s1. The second-order valence-corrected chi connectivity index (χ2v) is 7.32. The molecule has 1 heterocycles. The number of hydrogen-bond acceptors (Lipinski definition) is 4. The van der Waals surface area contributed by atoms with Gasteiger partial charge in [-0.2, -0.15) is 0 Å². The molecule has 5 nitrogen and oxygen atoms in total. The molecule has 0 spiro atoms. The number of amides is 1. The van der Waals surface area contributed by atoms with Crippen LogP contribution in [-0.4, -0.2) is 30.6 Å². The third-order valence-electron chi connectivity index (χ3n) is 4.88. The zero-order valence-electron chi connectivity index (χ0n) is 14.4. The number of benzene rings is 1. The van der Waals surface area contributed by atoms with E-state index in [0.29, 0.717) is 11.4 Å².